The van der Waals surface area contributed by atoms with E-state index in [1.54, 1.807) is 4.57 Å². The lowest BCUT2D eigenvalue weighted by molar-refractivity contribution is 0.642. The number of benzene rings is 20. The molecule has 0 amide bonds. The van der Waals surface area contributed by atoms with Crippen LogP contribution in [0.1, 0.15) is 118 Å². The second-order valence-electron chi connectivity index (χ2n) is 37.6. The molecule has 0 fully saturated rings. The number of nitrogens with zero attached hydrogens (tertiary/aromatic N) is 3. The van der Waals surface area contributed by atoms with Crippen LogP contribution in [0.15, 0.2) is 485 Å². The monoisotopic (exact) mass is 1770 g/mol. The van der Waals surface area contributed by atoms with Gasteiger partial charge in [0.25, 0.3) is 6.71 Å². The molecule has 0 saturated carbocycles. The van der Waals surface area contributed by atoms with Crippen molar-refractivity contribution in [2.24, 2.45) is 0 Å². The van der Waals surface area contributed by atoms with E-state index in [4.69, 9.17) is 2.74 Å². The van der Waals surface area contributed by atoms with E-state index >= 15 is 0 Å². The Balaban J connectivity index is 0.593. The fourth-order valence-electron chi connectivity index (χ4n) is 23.9. The standard InChI is InChI=1S/C134H104BN3/c1(13-51-97-71-73-99(93-43-15-5-16-44-93)85-118(97)101-75-79-114-112-63-33-37-67-120(112)133(122(114)87-101,105-53-23-9-24-54-105)106-55-25-10-26-56-106)3-41-83-136-128-89-103(111-62-32-31-61-110(111)96-49-21-8-22-50-96)77-81-124(128)135-125-82-78-109(138-126-69-39-35-65-116(126)117-66-36-40-70-127(117)138)92-129(125)137(131-91-104(90-130(136)132(131)135)95-47-19-7-20-48-95)84-42-4-2-14-52-98-72-74-100(94-45-17-6-18-46-94)86-119(98)102-76-80-115-113-64-34-38-68-121(113)134(123(115)88-102,107-57-27-11-28-58-107)108-59-29-12-30-60-108/h5-12,15-40,43-50,53-82,85-92H,1-4,13-14,41-42,51-52,83-84H2/i35D,36D,39D,40D,65D,66D,69D,70D. The molecule has 0 saturated heterocycles. The molecule has 0 radical (unpaired) electrons. The van der Waals surface area contributed by atoms with Gasteiger partial charge in [0, 0.05) is 52.3 Å². The number of rotatable bonds is 26. The Kier molecular flexibility index (Phi) is 19.6. The fraction of sp³-hybridized carbons (Fsp3) is 0.104. The van der Waals surface area contributed by atoms with Crippen molar-refractivity contribution in [1.29, 1.82) is 0 Å². The maximum atomic E-state index is 9.82. The van der Waals surface area contributed by atoms with E-state index in [-0.39, 0.29) is 52.7 Å². The van der Waals surface area contributed by atoms with E-state index in [9.17, 15) is 8.22 Å². The Morgan fingerprint density at radius 1 is 0.225 bits per heavy atom. The molecular formula is C134H104BN3. The second-order valence-corrected chi connectivity index (χ2v) is 37.6. The van der Waals surface area contributed by atoms with Crippen LogP contribution in [0.4, 0.5) is 22.7 Å². The van der Waals surface area contributed by atoms with Crippen molar-refractivity contribution < 1.29 is 11.0 Å². The molecule has 20 aromatic carbocycles. The Hall–Kier alpha value is -16.1. The number of hydrogen-bond donors (Lipinski definition) is 0. The maximum Gasteiger partial charge on any atom is 0.252 e. The summed E-state index contributed by atoms with van der Waals surface area (Å²) in [7, 11) is 0. The zero-order valence-electron chi connectivity index (χ0n) is 85.0. The summed E-state index contributed by atoms with van der Waals surface area (Å²) in [4.78, 5) is 5.18. The Labute approximate surface area is 822 Å². The second kappa shape index (κ2) is 35.9. The Morgan fingerprint density at radius 2 is 0.558 bits per heavy atom. The predicted molar refractivity (Wildman–Crippen MR) is 582 cm³/mol. The number of anilines is 4. The Morgan fingerprint density at radius 3 is 1.01 bits per heavy atom. The largest absolute Gasteiger partial charge is 0.342 e. The van der Waals surface area contributed by atoms with Crippen LogP contribution in [-0.4, -0.2) is 24.4 Å². The lowest BCUT2D eigenvalue weighted by Crippen LogP contribution is -2.62. The van der Waals surface area contributed by atoms with Gasteiger partial charge in [-0.25, -0.2) is 0 Å². The highest BCUT2D eigenvalue weighted by atomic mass is 15.2. The third-order valence-corrected chi connectivity index (χ3v) is 30.1. The van der Waals surface area contributed by atoms with Crippen LogP contribution in [-0.2, 0) is 23.7 Å². The first-order valence-electron chi connectivity index (χ1n) is 53.1. The lowest BCUT2D eigenvalue weighted by atomic mass is 9.33. The first-order valence-corrected chi connectivity index (χ1v) is 49.1. The summed E-state index contributed by atoms with van der Waals surface area (Å²) in [6.45, 7) is 1.00. The number of para-hydroxylation sites is 2. The molecule has 3 nitrogen and oxygen atoms in total. The minimum Gasteiger partial charge on any atom is -0.342 e. The molecule has 3 heterocycles. The van der Waals surface area contributed by atoms with Gasteiger partial charge in [-0.1, -0.05) is 444 Å². The van der Waals surface area contributed by atoms with Crippen molar-refractivity contribution in [2.75, 3.05) is 22.9 Å². The molecule has 0 spiro atoms. The van der Waals surface area contributed by atoms with Gasteiger partial charge in [-0.15, -0.1) is 0 Å². The first kappa shape index (κ1) is 75.2. The average molecular weight is 1780 g/mol. The quantitative estimate of drug-likeness (QED) is 0.0395. The molecular weight excluding hydrogens is 1660 g/mol. The van der Waals surface area contributed by atoms with Crippen LogP contribution in [0.5, 0.6) is 0 Å². The van der Waals surface area contributed by atoms with E-state index < -0.39 is 35.0 Å². The van der Waals surface area contributed by atoms with E-state index in [0.717, 1.165) is 138 Å². The van der Waals surface area contributed by atoms with E-state index in [0.29, 0.717) is 12.2 Å². The highest BCUT2D eigenvalue weighted by Gasteiger charge is 2.49. The van der Waals surface area contributed by atoms with Gasteiger partial charge in [0.2, 0.25) is 0 Å². The lowest BCUT2D eigenvalue weighted by Gasteiger charge is -2.45. The molecule has 658 valence electrons. The zero-order valence-corrected chi connectivity index (χ0v) is 77.0. The van der Waals surface area contributed by atoms with Crippen molar-refractivity contribution in [3.05, 3.63) is 541 Å². The topological polar surface area (TPSA) is 11.4 Å². The summed E-state index contributed by atoms with van der Waals surface area (Å²) in [5.41, 5.74) is 41.1. The van der Waals surface area contributed by atoms with Gasteiger partial charge in [-0.2, -0.15) is 0 Å². The van der Waals surface area contributed by atoms with E-state index in [2.05, 4.69) is 441 Å². The molecule has 138 heavy (non-hydrogen) atoms. The summed E-state index contributed by atoms with van der Waals surface area (Å²) >= 11 is 0. The fourth-order valence-corrected chi connectivity index (χ4v) is 23.9. The third kappa shape index (κ3) is 14.4. The molecule has 2 aliphatic heterocycles. The van der Waals surface area contributed by atoms with Gasteiger partial charge in [0.1, 0.15) is 0 Å². The van der Waals surface area contributed by atoms with Crippen molar-refractivity contribution in [3.8, 4) is 106 Å². The van der Waals surface area contributed by atoms with Crippen molar-refractivity contribution >= 4 is 67.7 Å². The van der Waals surface area contributed by atoms with Gasteiger partial charge in [-0.05, 0) is 277 Å². The number of unbranched alkanes of at least 4 members (excludes halogenated alkanes) is 6. The number of hydrogen-bond acceptors (Lipinski definition) is 2. The normalized spacial score (nSPS) is 14.0. The van der Waals surface area contributed by atoms with Crippen LogP contribution in [0.3, 0.4) is 0 Å². The molecule has 0 N–H and O–H groups in total. The van der Waals surface area contributed by atoms with E-state index in [1.807, 2.05) is 6.07 Å². The molecule has 25 rings (SSSR count). The molecule has 0 atom stereocenters. The molecule has 0 bridgehead atoms. The predicted octanol–water partition coefficient (Wildman–Crippen LogP) is 32.2. The highest BCUT2D eigenvalue weighted by molar-refractivity contribution is 7.00. The van der Waals surface area contributed by atoms with E-state index in [1.165, 1.54) is 128 Å². The van der Waals surface area contributed by atoms with Crippen molar-refractivity contribution in [1.82, 2.24) is 4.57 Å². The Bertz CT molecular complexity index is 8500. The minimum absolute atomic E-state index is 0.0438. The number of fused-ring (bicyclic) bond motifs is 13. The van der Waals surface area contributed by atoms with Gasteiger partial charge in [-0.3, -0.25) is 0 Å². The van der Waals surface area contributed by atoms with Crippen molar-refractivity contribution in [3.63, 3.8) is 0 Å². The molecule has 2 aliphatic carbocycles. The first-order chi connectivity index (χ1) is 71.8. The summed E-state index contributed by atoms with van der Waals surface area (Å²) in [6, 6.07) is 158. The van der Waals surface area contributed by atoms with Gasteiger partial charge >= 0.3 is 0 Å². The third-order valence-electron chi connectivity index (χ3n) is 30.1. The smallest absolute Gasteiger partial charge is 0.252 e. The number of aromatic nitrogens is 1. The van der Waals surface area contributed by atoms with Crippen LogP contribution >= 0.6 is 0 Å². The molecule has 21 aromatic rings. The summed E-state index contributed by atoms with van der Waals surface area (Å²) in [5, 5.41) is 0.0876. The van der Waals surface area contributed by atoms with Gasteiger partial charge in [0.15, 0.2) is 0 Å². The zero-order chi connectivity index (χ0) is 98.4. The summed E-state index contributed by atoms with van der Waals surface area (Å²) in [6.07, 6.45) is 9.18. The molecule has 1 aromatic heterocycles. The van der Waals surface area contributed by atoms with Crippen LogP contribution in [0.2, 0.25) is 0 Å². The van der Waals surface area contributed by atoms with Crippen LogP contribution in [0.25, 0.3) is 128 Å². The molecule has 0 unspecified atom stereocenters. The van der Waals surface area contributed by atoms with Crippen LogP contribution < -0.4 is 26.2 Å². The molecule has 4 heteroatoms. The average Bonchev–Trinajstić information content (AvgIpc) is 1.43. The summed E-state index contributed by atoms with van der Waals surface area (Å²) < 4.78 is 77.2. The van der Waals surface area contributed by atoms with Crippen LogP contribution in [0, 0.1) is 0 Å². The van der Waals surface area contributed by atoms with Crippen molar-refractivity contribution in [2.45, 2.75) is 75.0 Å². The van der Waals surface area contributed by atoms with Gasteiger partial charge < -0.3 is 14.4 Å². The minimum atomic E-state index is -0.569. The molecule has 4 aliphatic rings. The highest BCUT2D eigenvalue weighted by Crippen LogP contribution is 2.60. The van der Waals surface area contributed by atoms with Gasteiger partial charge in [0.05, 0.1) is 32.8 Å². The number of aryl methyl sites for hydroxylation is 2. The maximum absolute atomic E-state index is 9.82. The summed E-state index contributed by atoms with van der Waals surface area (Å²) in [5.74, 6) is 0. The SMILES string of the molecule is [2H]c1c([2H])c([2H])c2c(c1[2H])c1c([2H])c([2H])c([2H])c([2H])c1n2-c1ccc2c(c1)N(CCCCCCc1ccc(-c3ccccc3)cc1-c1ccc3c(c1)C(c1ccccc1)(c1ccccc1)c1ccccc1-3)c1cc(-c3ccccc3)cc3c1B2c1ccc(-c2ccccc2-c2ccccc2)cc1N3CCCCCCc1ccc(-c2ccccc2)cc1-c1ccc2c(c1)C(c1ccccc1)(c1ccccc1)c1ccccc1-2.